The van der Waals surface area contributed by atoms with Gasteiger partial charge in [-0.15, -0.1) is 0 Å². The van der Waals surface area contributed by atoms with Gasteiger partial charge < -0.3 is 42.6 Å². The third-order valence-electron chi connectivity index (χ3n) is 8.38. The molecule has 6 atom stereocenters. The van der Waals surface area contributed by atoms with Gasteiger partial charge in [-0.05, 0) is 54.4 Å². The highest BCUT2D eigenvalue weighted by atomic mass is 16.8. The Morgan fingerprint density at radius 1 is 0.733 bits per heavy atom. The van der Waals surface area contributed by atoms with Crippen LogP contribution in [-0.2, 0) is 52.2 Å². The van der Waals surface area contributed by atoms with E-state index in [4.69, 9.17) is 42.6 Å². The fraction of sp³-hybridized carbons (Fsp3) is 0.941. The first-order valence-electron chi connectivity index (χ1n) is 17.4. The minimum atomic E-state index is -1.12. The highest BCUT2D eigenvalue weighted by Crippen LogP contribution is 2.42. The van der Waals surface area contributed by atoms with Gasteiger partial charge in [0.1, 0.15) is 24.4 Å². The zero-order chi connectivity index (χ0) is 32.9. The Kier molecular flexibility index (Phi) is 16.0. The van der Waals surface area contributed by atoms with Gasteiger partial charge >= 0.3 is 11.9 Å². The van der Waals surface area contributed by atoms with Crippen LogP contribution < -0.4 is 0 Å². The van der Waals surface area contributed by atoms with Crippen molar-refractivity contribution in [3.63, 3.8) is 0 Å². The Morgan fingerprint density at radius 2 is 1.31 bits per heavy atom. The quantitative estimate of drug-likeness (QED) is 0.0804. The summed E-state index contributed by atoms with van der Waals surface area (Å²) in [5.74, 6) is -3.92. The topological polar surface area (TPSA) is 117 Å². The molecule has 262 valence electrons. The lowest BCUT2D eigenvalue weighted by Gasteiger charge is -2.28. The van der Waals surface area contributed by atoms with E-state index < -0.39 is 60.1 Å². The zero-order valence-corrected chi connectivity index (χ0v) is 28.8. The summed E-state index contributed by atoms with van der Waals surface area (Å²) >= 11 is 0. The van der Waals surface area contributed by atoms with Crippen LogP contribution in [0.2, 0.25) is 0 Å². The maximum absolute atomic E-state index is 12.8. The molecular weight excluding hydrogens is 584 g/mol. The molecule has 3 aliphatic heterocycles. The predicted octanol–water partition coefficient (Wildman–Crippen LogP) is 5.84. The average Bonchev–Trinajstić information content (AvgIpc) is 3.61. The van der Waals surface area contributed by atoms with Crippen LogP contribution in [0.1, 0.15) is 119 Å². The maximum Gasteiger partial charge on any atom is 0.320 e. The number of esters is 2. The molecule has 0 amide bonds. The summed E-state index contributed by atoms with van der Waals surface area (Å²) in [5.41, 5.74) is 0. The molecule has 3 heterocycles. The smallest absolute Gasteiger partial charge is 0.320 e. The van der Waals surface area contributed by atoms with Crippen molar-refractivity contribution in [2.75, 3.05) is 33.0 Å². The Bertz CT molecular complexity index is 860. The summed E-state index contributed by atoms with van der Waals surface area (Å²) in [6.07, 6.45) is 9.14. The number of hydrogen-bond acceptors (Lipinski definition) is 11. The van der Waals surface area contributed by atoms with Crippen LogP contribution in [0.25, 0.3) is 0 Å². The van der Waals surface area contributed by atoms with Crippen LogP contribution in [0.15, 0.2) is 0 Å². The van der Waals surface area contributed by atoms with Crippen molar-refractivity contribution in [1.82, 2.24) is 0 Å². The van der Waals surface area contributed by atoms with Gasteiger partial charge in [0.2, 0.25) is 0 Å². The van der Waals surface area contributed by atoms with Gasteiger partial charge in [0.15, 0.2) is 23.8 Å². The number of rotatable bonds is 22. The Labute approximate surface area is 270 Å². The third-order valence-corrected chi connectivity index (χ3v) is 8.38. The standard InChI is InChI=1S/C34H60O11/c1-8-11-12-13-14-15-16-17-18-19-20-39-24(21-25(30(35)37-9-2)31(36)38-10-3)22-40-32-29-28(44-34(6,7)45-29)27(42-32)26-23-41-33(4,5)43-26/h24-29,32H,8-23H2,1-7H3/t24-,26-,27-,28+,29+,32-/m1/s1. The van der Waals surface area contributed by atoms with E-state index >= 15 is 0 Å². The van der Waals surface area contributed by atoms with Gasteiger partial charge in [-0.25, -0.2) is 0 Å². The van der Waals surface area contributed by atoms with E-state index in [2.05, 4.69) is 6.92 Å². The summed E-state index contributed by atoms with van der Waals surface area (Å²) in [5, 5.41) is 0. The highest BCUT2D eigenvalue weighted by molar-refractivity contribution is 5.94. The maximum atomic E-state index is 12.8. The van der Waals surface area contributed by atoms with Crippen molar-refractivity contribution >= 4 is 11.9 Å². The van der Waals surface area contributed by atoms with E-state index in [1.165, 1.54) is 44.9 Å². The van der Waals surface area contributed by atoms with E-state index in [1.807, 2.05) is 27.7 Å². The molecule has 0 radical (unpaired) electrons. The largest absolute Gasteiger partial charge is 0.465 e. The predicted molar refractivity (Wildman–Crippen MR) is 166 cm³/mol. The van der Waals surface area contributed by atoms with Crippen LogP contribution in [0, 0.1) is 5.92 Å². The molecule has 0 bridgehead atoms. The van der Waals surface area contributed by atoms with E-state index in [0.29, 0.717) is 13.2 Å². The minimum Gasteiger partial charge on any atom is -0.465 e. The van der Waals surface area contributed by atoms with Gasteiger partial charge in [0.25, 0.3) is 0 Å². The lowest BCUT2D eigenvalue weighted by Crippen LogP contribution is -2.40. The van der Waals surface area contributed by atoms with Crippen molar-refractivity contribution < 1.29 is 52.2 Å². The summed E-state index contributed by atoms with van der Waals surface area (Å²) in [4.78, 5) is 25.5. The van der Waals surface area contributed by atoms with Gasteiger partial charge in [-0.1, -0.05) is 64.7 Å². The molecule has 0 unspecified atom stereocenters. The molecule has 11 heteroatoms. The Balaban J connectivity index is 1.59. The van der Waals surface area contributed by atoms with Gasteiger partial charge in [-0.2, -0.15) is 0 Å². The van der Waals surface area contributed by atoms with Gasteiger partial charge in [-0.3, -0.25) is 9.59 Å². The van der Waals surface area contributed by atoms with Crippen LogP contribution in [0.3, 0.4) is 0 Å². The van der Waals surface area contributed by atoms with Crippen LogP contribution >= 0.6 is 0 Å². The first-order valence-corrected chi connectivity index (χ1v) is 17.4. The number of carbonyl (C=O) groups is 2. The molecule has 3 aliphatic rings. The fourth-order valence-electron chi connectivity index (χ4n) is 6.17. The first kappa shape index (κ1) is 38.1. The molecule has 0 saturated carbocycles. The van der Waals surface area contributed by atoms with Crippen molar-refractivity contribution in [3.05, 3.63) is 0 Å². The molecule has 3 fully saturated rings. The van der Waals surface area contributed by atoms with Crippen LogP contribution in [-0.4, -0.2) is 93.4 Å². The highest BCUT2D eigenvalue weighted by Gasteiger charge is 2.59. The Hall–Kier alpha value is -1.34. The van der Waals surface area contributed by atoms with Gasteiger partial charge in [0.05, 0.1) is 32.5 Å². The van der Waals surface area contributed by atoms with Crippen LogP contribution in [0.4, 0.5) is 0 Å². The monoisotopic (exact) mass is 644 g/mol. The number of fused-ring (bicyclic) bond motifs is 1. The normalized spacial score (nSPS) is 27.5. The molecule has 3 rings (SSSR count). The molecule has 0 aromatic carbocycles. The first-order chi connectivity index (χ1) is 21.5. The average molecular weight is 645 g/mol. The van der Waals surface area contributed by atoms with Crippen molar-refractivity contribution in [1.29, 1.82) is 0 Å². The Morgan fingerprint density at radius 3 is 1.87 bits per heavy atom. The zero-order valence-electron chi connectivity index (χ0n) is 28.8. The summed E-state index contributed by atoms with van der Waals surface area (Å²) in [6.45, 7) is 14.3. The number of ether oxygens (including phenoxy) is 9. The van der Waals surface area contributed by atoms with E-state index in [1.54, 1.807) is 13.8 Å². The number of carbonyl (C=O) groups excluding carboxylic acids is 2. The summed E-state index contributed by atoms with van der Waals surface area (Å²) in [7, 11) is 0. The minimum absolute atomic E-state index is 0.0658. The summed E-state index contributed by atoms with van der Waals surface area (Å²) < 4.78 is 53.6. The van der Waals surface area contributed by atoms with Gasteiger partial charge in [0, 0.05) is 6.61 Å². The van der Waals surface area contributed by atoms with E-state index in [0.717, 1.165) is 19.3 Å². The van der Waals surface area contributed by atoms with Crippen molar-refractivity contribution in [2.24, 2.45) is 5.92 Å². The van der Waals surface area contributed by atoms with Crippen molar-refractivity contribution in [3.8, 4) is 0 Å². The second kappa shape index (κ2) is 18.9. The van der Waals surface area contributed by atoms with Crippen molar-refractivity contribution in [2.45, 2.75) is 167 Å². The molecule has 11 nitrogen and oxygen atoms in total. The lowest BCUT2D eigenvalue weighted by molar-refractivity contribution is -0.252. The lowest BCUT2D eigenvalue weighted by atomic mass is 10.0. The molecule has 0 N–H and O–H groups in total. The molecule has 0 aromatic rings. The molecule has 0 aromatic heterocycles. The number of unbranched alkanes of at least 4 members (excludes halogenated alkanes) is 9. The second-order valence-corrected chi connectivity index (χ2v) is 13.2. The second-order valence-electron chi connectivity index (χ2n) is 13.2. The third kappa shape index (κ3) is 12.3. The molecule has 45 heavy (non-hydrogen) atoms. The summed E-state index contributed by atoms with van der Waals surface area (Å²) in [6, 6.07) is 0. The van der Waals surface area contributed by atoms with E-state index in [9.17, 15) is 9.59 Å². The molecular formula is C34H60O11. The molecule has 0 spiro atoms. The SMILES string of the molecule is CCCCCCCCCCCCO[C@@H](CO[C@@H]1O[C@H]([C@H]2COC(C)(C)O2)[C@@H]2OC(C)(C)O[C@H]12)CC(C(=O)OCC)C(=O)OCC. The molecule has 0 aliphatic carbocycles. The van der Waals surface area contributed by atoms with E-state index in [-0.39, 0.29) is 32.3 Å². The number of hydrogen-bond donors (Lipinski definition) is 0. The fourth-order valence-corrected chi connectivity index (χ4v) is 6.17. The van der Waals surface area contributed by atoms with Crippen LogP contribution in [0.5, 0.6) is 0 Å². The molecule has 3 saturated heterocycles.